The second-order valence-electron chi connectivity index (χ2n) is 2.88. The van der Waals surface area contributed by atoms with Crippen LogP contribution in [0.4, 0.5) is 0 Å². The first kappa shape index (κ1) is 12.3. The van der Waals surface area contributed by atoms with E-state index in [4.69, 9.17) is 20.3 Å². The fourth-order valence-electron chi connectivity index (χ4n) is 0.608. The van der Waals surface area contributed by atoms with E-state index in [0.717, 1.165) is 0 Å². The first-order valence-electron chi connectivity index (χ1n) is 4.22. The fraction of sp³-hybridized carbons (Fsp3) is 0.875. The second-order valence-corrected chi connectivity index (χ2v) is 2.88. The van der Waals surface area contributed by atoms with E-state index < -0.39 is 18.6 Å². The quantitative estimate of drug-likeness (QED) is 0.427. The van der Waals surface area contributed by atoms with Crippen LogP contribution in [0.15, 0.2) is 0 Å². The number of hydrogen-bond donors (Lipinski definition) is 2. The highest BCUT2D eigenvalue weighted by atomic mass is 16.6. The summed E-state index contributed by atoms with van der Waals surface area (Å²) in [5, 5.41) is 8.49. The van der Waals surface area contributed by atoms with Gasteiger partial charge in [0.25, 0.3) is 0 Å². The molecule has 0 fully saturated rings. The van der Waals surface area contributed by atoms with E-state index in [1.807, 2.05) is 13.8 Å². The number of rotatable bonds is 6. The summed E-state index contributed by atoms with van der Waals surface area (Å²) in [6.45, 7) is 3.90. The van der Waals surface area contributed by atoms with Crippen molar-refractivity contribution in [1.29, 1.82) is 0 Å². The van der Waals surface area contributed by atoms with Crippen molar-refractivity contribution in [2.24, 2.45) is 5.73 Å². The summed E-state index contributed by atoms with van der Waals surface area (Å²) in [6, 6.07) is -0.945. The van der Waals surface area contributed by atoms with Crippen molar-refractivity contribution in [1.82, 2.24) is 0 Å². The molecule has 0 saturated heterocycles. The lowest BCUT2D eigenvalue weighted by Gasteiger charge is -2.10. The highest BCUT2D eigenvalue weighted by Gasteiger charge is 2.12. The molecule has 0 aromatic heterocycles. The minimum Gasteiger partial charge on any atom is -0.462 e. The van der Waals surface area contributed by atoms with Gasteiger partial charge in [0.05, 0.1) is 19.3 Å². The molecule has 0 bridgehead atoms. The van der Waals surface area contributed by atoms with Crippen molar-refractivity contribution in [2.45, 2.75) is 26.0 Å². The van der Waals surface area contributed by atoms with Gasteiger partial charge in [-0.2, -0.15) is 0 Å². The summed E-state index contributed by atoms with van der Waals surface area (Å²) < 4.78 is 9.82. The Kier molecular flexibility index (Phi) is 6.48. The molecule has 0 spiro atoms. The fourth-order valence-corrected chi connectivity index (χ4v) is 0.608. The number of nitrogens with two attached hydrogens (primary N) is 1. The predicted molar refractivity (Wildman–Crippen MR) is 47.1 cm³/mol. The van der Waals surface area contributed by atoms with Gasteiger partial charge in [0.2, 0.25) is 0 Å². The van der Waals surface area contributed by atoms with Crippen LogP contribution in [0.1, 0.15) is 13.8 Å². The van der Waals surface area contributed by atoms with Crippen LogP contribution in [0.2, 0.25) is 0 Å². The Bertz CT molecular complexity index is 149. The maximum Gasteiger partial charge on any atom is 0.325 e. The van der Waals surface area contributed by atoms with Crippen molar-refractivity contribution in [3.63, 3.8) is 0 Å². The summed E-state index contributed by atoms with van der Waals surface area (Å²) in [4.78, 5) is 10.9. The molecule has 0 aromatic rings. The first-order chi connectivity index (χ1) is 6.07. The van der Waals surface area contributed by atoms with Crippen molar-refractivity contribution < 1.29 is 19.4 Å². The molecule has 0 aromatic carbocycles. The molecular weight excluding hydrogens is 174 g/mol. The van der Waals surface area contributed by atoms with Crippen molar-refractivity contribution >= 4 is 5.97 Å². The number of carbonyl (C=O) groups is 1. The average Bonchev–Trinajstić information content (AvgIpc) is 2.10. The number of esters is 1. The largest absolute Gasteiger partial charge is 0.462 e. The third-order valence-electron chi connectivity index (χ3n) is 1.28. The zero-order valence-electron chi connectivity index (χ0n) is 8.03. The molecule has 1 atom stereocenters. The van der Waals surface area contributed by atoms with Crippen LogP contribution in [0.25, 0.3) is 0 Å². The SMILES string of the molecule is CC(C)OCCOC(=O)[C@@H](N)CO. The molecule has 0 aliphatic rings. The zero-order valence-corrected chi connectivity index (χ0v) is 8.03. The molecule has 78 valence electrons. The van der Waals surface area contributed by atoms with Crippen molar-refractivity contribution in [3.8, 4) is 0 Å². The molecule has 0 rings (SSSR count). The minimum absolute atomic E-state index is 0.116. The molecule has 13 heavy (non-hydrogen) atoms. The van der Waals surface area contributed by atoms with E-state index in [1.165, 1.54) is 0 Å². The van der Waals surface area contributed by atoms with Gasteiger partial charge in [-0.15, -0.1) is 0 Å². The van der Waals surface area contributed by atoms with Gasteiger partial charge < -0.3 is 20.3 Å². The predicted octanol–water partition coefficient (Wildman–Crippen LogP) is -0.726. The van der Waals surface area contributed by atoms with Gasteiger partial charge in [-0.1, -0.05) is 0 Å². The molecule has 0 heterocycles. The summed E-state index contributed by atoms with van der Waals surface area (Å²) in [6.07, 6.45) is 0.116. The van der Waals surface area contributed by atoms with Crippen molar-refractivity contribution in [3.05, 3.63) is 0 Å². The van der Waals surface area contributed by atoms with Crippen LogP contribution >= 0.6 is 0 Å². The number of carbonyl (C=O) groups excluding carboxylic acids is 1. The topological polar surface area (TPSA) is 81.8 Å². The third kappa shape index (κ3) is 6.51. The lowest BCUT2D eigenvalue weighted by Crippen LogP contribution is -2.36. The zero-order chi connectivity index (χ0) is 10.3. The van der Waals surface area contributed by atoms with Crippen LogP contribution in [-0.2, 0) is 14.3 Å². The Balaban J connectivity index is 3.37. The third-order valence-corrected chi connectivity index (χ3v) is 1.28. The molecule has 0 radical (unpaired) electrons. The van der Waals surface area contributed by atoms with Gasteiger partial charge >= 0.3 is 5.97 Å². The summed E-state index contributed by atoms with van der Waals surface area (Å²) >= 11 is 0. The molecule has 0 aliphatic carbocycles. The van der Waals surface area contributed by atoms with Gasteiger partial charge in [-0.3, -0.25) is 4.79 Å². The maximum atomic E-state index is 10.9. The van der Waals surface area contributed by atoms with Gasteiger partial charge in [0.15, 0.2) is 0 Å². The molecule has 0 amide bonds. The number of ether oxygens (including phenoxy) is 2. The highest BCUT2D eigenvalue weighted by molar-refractivity contribution is 5.75. The molecule has 0 saturated carbocycles. The molecule has 0 aliphatic heterocycles. The highest BCUT2D eigenvalue weighted by Crippen LogP contribution is 1.89. The summed E-state index contributed by atoms with van der Waals surface area (Å²) in [5.74, 6) is -0.602. The van der Waals surface area contributed by atoms with E-state index >= 15 is 0 Å². The van der Waals surface area contributed by atoms with Gasteiger partial charge in [0, 0.05) is 0 Å². The van der Waals surface area contributed by atoms with E-state index in [0.29, 0.717) is 6.61 Å². The number of hydrogen-bond acceptors (Lipinski definition) is 5. The van der Waals surface area contributed by atoms with Crippen LogP contribution in [-0.4, -0.2) is 43.0 Å². The Morgan fingerprint density at radius 3 is 2.54 bits per heavy atom. The lowest BCUT2D eigenvalue weighted by molar-refractivity contribution is -0.148. The Labute approximate surface area is 77.8 Å². The monoisotopic (exact) mass is 191 g/mol. The molecular formula is C8H17NO4. The van der Waals surface area contributed by atoms with Gasteiger partial charge in [-0.05, 0) is 13.8 Å². The number of aliphatic hydroxyl groups excluding tert-OH is 1. The van der Waals surface area contributed by atoms with E-state index in [-0.39, 0.29) is 12.7 Å². The second kappa shape index (κ2) is 6.82. The van der Waals surface area contributed by atoms with Crippen LogP contribution in [0, 0.1) is 0 Å². The van der Waals surface area contributed by atoms with E-state index in [2.05, 4.69) is 0 Å². The Morgan fingerprint density at radius 1 is 1.46 bits per heavy atom. The lowest BCUT2D eigenvalue weighted by atomic mass is 10.3. The first-order valence-corrected chi connectivity index (χ1v) is 4.22. The van der Waals surface area contributed by atoms with Gasteiger partial charge in [0.1, 0.15) is 12.6 Å². The van der Waals surface area contributed by atoms with Crippen LogP contribution < -0.4 is 5.73 Å². The normalized spacial score (nSPS) is 13.0. The van der Waals surface area contributed by atoms with Gasteiger partial charge in [-0.25, -0.2) is 0 Å². The van der Waals surface area contributed by atoms with E-state index in [1.54, 1.807) is 0 Å². The van der Waals surface area contributed by atoms with E-state index in [9.17, 15) is 4.79 Å². The minimum atomic E-state index is -0.945. The molecule has 5 nitrogen and oxygen atoms in total. The Hall–Kier alpha value is -0.650. The van der Waals surface area contributed by atoms with Crippen LogP contribution in [0.3, 0.4) is 0 Å². The number of aliphatic hydroxyl groups is 1. The summed E-state index contributed by atoms with van der Waals surface area (Å²) in [7, 11) is 0. The summed E-state index contributed by atoms with van der Waals surface area (Å²) in [5.41, 5.74) is 5.19. The smallest absolute Gasteiger partial charge is 0.325 e. The molecule has 5 heteroatoms. The average molecular weight is 191 g/mol. The molecule has 3 N–H and O–H groups in total. The standard InChI is InChI=1S/C8H17NO4/c1-6(2)12-3-4-13-8(11)7(9)5-10/h6-7,10H,3-5,9H2,1-2H3/t7-/m0/s1. The maximum absolute atomic E-state index is 10.9. The molecule has 0 unspecified atom stereocenters. The Morgan fingerprint density at radius 2 is 2.08 bits per heavy atom. The van der Waals surface area contributed by atoms with Crippen molar-refractivity contribution in [2.75, 3.05) is 19.8 Å². The van der Waals surface area contributed by atoms with Crippen LogP contribution in [0.5, 0.6) is 0 Å².